The molecule has 25 heavy (non-hydrogen) atoms. The van der Waals surface area contributed by atoms with E-state index in [-0.39, 0.29) is 5.91 Å². The molecular formula is C19H25N5O. The quantitative estimate of drug-likeness (QED) is 0.907. The van der Waals surface area contributed by atoms with Crippen LogP contribution in [0.15, 0.2) is 42.5 Å². The molecule has 0 saturated carbocycles. The molecule has 0 radical (unpaired) electrons. The summed E-state index contributed by atoms with van der Waals surface area (Å²) in [5.41, 5.74) is 0.988. The third-order valence-corrected chi connectivity index (χ3v) is 4.24. The summed E-state index contributed by atoms with van der Waals surface area (Å²) < 4.78 is 0. The number of anilines is 3. The molecule has 132 valence electrons. The summed E-state index contributed by atoms with van der Waals surface area (Å²) in [5, 5.41) is 11.8. The highest BCUT2D eigenvalue weighted by molar-refractivity contribution is 5.76. The SMILES string of the molecule is CC(C)CC(=O)N1CCN(c2ccc(Nc3ccccc3)nn2)CC1. The van der Waals surface area contributed by atoms with E-state index in [4.69, 9.17) is 0 Å². The van der Waals surface area contributed by atoms with Crippen LogP contribution in [0.5, 0.6) is 0 Å². The third-order valence-electron chi connectivity index (χ3n) is 4.24. The predicted octanol–water partition coefficient (Wildman–Crippen LogP) is 2.91. The molecule has 1 aliphatic heterocycles. The Morgan fingerprint density at radius 1 is 1.04 bits per heavy atom. The summed E-state index contributed by atoms with van der Waals surface area (Å²) in [6.45, 7) is 7.24. The summed E-state index contributed by atoms with van der Waals surface area (Å²) in [7, 11) is 0. The van der Waals surface area contributed by atoms with E-state index in [1.165, 1.54) is 0 Å². The third kappa shape index (κ3) is 4.68. The fraction of sp³-hybridized carbons (Fsp3) is 0.421. The number of hydrogen-bond acceptors (Lipinski definition) is 5. The molecule has 1 aromatic heterocycles. The van der Waals surface area contributed by atoms with Crippen molar-refractivity contribution in [1.29, 1.82) is 0 Å². The maximum absolute atomic E-state index is 12.1. The smallest absolute Gasteiger partial charge is 0.222 e. The van der Waals surface area contributed by atoms with Gasteiger partial charge in [-0.3, -0.25) is 4.79 Å². The van der Waals surface area contributed by atoms with Gasteiger partial charge in [-0.15, -0.1) is 10.2 Å². The monoisotopic (exact) mass is 339 g/mol. The highest BCUT2D eigenvalue weighted by Crippen LogP contribution is 2.18. The van der Waals surface area contributed by atoms with Gasteiger partial charge in [-0.1, -0.05) is 32.0 Å². The van der Waals surface area contributed by atoms with E-state index in [0.717, 1.165) is 43.5 Å². The lowest BCUT2D eigenvalue weighted by molar-refractivity contribution is -0.132. The Balaban J connectivity index is 1.54. The van der Waals surface area contributed by atoms with Crippen LogP contribution in [0.4, 0.5) is 17.3 Å². The zero-order valence-electron chi connectivity index (χ0n) is 14.9. The highest BCUT2D eigenvalue weighted by atomic mass is 16.2. The Kier molecular flexibility index (Phi) is 5.48. The lowest BCUT2D eigenvalue weighted by atomic mass is 10.1. The van der Waals surface area contributed by atoms with Gasteiger partial charge in [0.15, 0.2) is 11.6 Å². The molecule has 2 heterocycles. The average molecular weight is 339 g/mol. The van der Waals surface area contributed by atoms with Gasteiger partial charge in [0.2, 0.25) is 5.91 Å². The van der Waals surface area contributed by atoms with Crippen molar-refractivity contribution in [3.8, 4) is 0 Å². The van der Waals surface area contributed by atoms with Gasteiger partial charge >= 0.3 is 0 Å². The number of nitrogens with one attached hydrogen (secondary N) is 1. The van der Waals surface area contributed by atoms with Gasteiger partial charge in [-0.2, -0.15) is 0 Å². The van der Waals surface area contributed by atoms with Crippen LogP contribution in [0, 0.1) is 5.92 Å². The van der Waals surface area contributed by atoms with Crippen molar-refractivity contribution in [2.24, 2.45) is 5.92 Å². The van der Waals surface area contributed by atoms with Crippen LogP contribution in [-0.2, 0) is 4.79 Å². The van der Waals surface area contributed by atoms with Gasteiger partial charge in [0.1, 0.15) is 0 Å². The minimum absolute atomic E-state index is 0.253. The molecule has 1 N–H and O–H groups in total. The molecule has 1 fully saturated rings. The van der Waals surface area contributed by atoms with Gasteiger partial charge in [-0.05, 0) is 30.2 Å². The Morgan fingerprint density at radius 2 is 1.76 bits per heavy atom. The first-order valence-electron chi connectivity index (χ1n) is 8.80. The van der Waals surface area contributed by atoms with E-state index in [0.29, 0.717) is 12.3 Å². The van der Waals surface area contributed by atoms with E-state index in [2.05, 4.69) is 34.3 Å². The largest absolute Gasteiger partial charge is 0.352 e. The maximum Gasteiger partial charge on any atom is 0.222 e. The van der Waals surface area contributed by atoms with Crippen LogP contribution in [0.1, 0.15) is 20.3 Å². The molecule has 0 spiro atoms. The van der Waals surface area contributed by atoms with Gasteiger partial charge in [-0.25, -0.2) is 0 Å². The van der Waals surface area contributed by atoms with Crippen molar-refractivity contribution in [2.45, 2.75) is 20.3 Å². The maximum atomic E-state index is 12.1. The number of carbonyl (C=O) groups excluding carboxylic acids is 1. The van der Waals surface area contributed by atoms with Crippen LogP contribution < -0.4 is 10.2 Å². The lowest BCUT2D eigenvalue weighted by Gasteiger charge is -2.35. The van der Waals surface area contributed by atoms with Crippen LogP contribution in [-0.4, -0.2) is 47.2 Å². The normalized spacial score (nSPS) is 14.7. The number of nitrogens with zero attached hydrogens (tertiary/aromatic N) is 4. The Morgan fingerprint density at radius 3 is 2.36 bits per heavy atom. The van der Waals surface area contributed by atoms with Crippen molar-refractivity contribution in [3.05, 3.63) is 42.5 Å². The standard InChI is InChI=1S/C19H25N5O/c1-15(2)14-19(25)24-12-10-23(11-13-24)18-9-8-17(21-22-18)20-16-6-4-3-5-7-16/h3-9,15H,10-14H2,1-2H3,(H,20,21). The zero-order valence-corrected chi connectivity index (χ0v) is 14.9. The number of para-hydroxylation sites is 1. The number of piperazine rings is 1. The summed E-state index contributed by atoms with van der Waals surface area (Å²) in [4.78, 5) is 16.3. The first-order chi connectivity index (χ1) is 12.1. The Labute approximate surface area is 148 Å². The van der Waals surface area contributed by atoms with Gasteiger partial charge in [0, 0.05) is 38.3 Å². The number of aromatic nitrogens is 2. The lowest BCUT2D eigenvalue weighted by Crippen LogP contribution is -2.49. The number of amides is 1. The number of rotatable bonds is 5. The molecule has 0 atom stereocenters. The number of benzene rings is 1. The molecule has 0 aliphatic carbocycles. The van der Waals surface area contributed by atoms with Crippen molar-refractivity contribution in [2.75, 3.05) is 36.4 Å². The molecular weight excluding hydrogens is 314 g/mol. The molecule has 6 nitrogen and oxygen atoms in total. The zero-order chi connectivity index (χ0) is 17.6. The second kappa shape index (κ2) is 7.96. The van der Waals surface area contributed by atoms with Gasteiger partial charge < -0.3 is 15.1 Å². The van der Waals surface area contributed by atoms with Crippen molar-refractivity contribution in [3.63, 3.8) is 0 Å². The first-order valence-corrected chi connectivity index (χ1v) is 8.80. The fourth-order valence-electron chi connectivity index (χ4n) is 2.89. The average Bonchev–Trinajstić information content (AvgIpc) is 2.63. The predicted molar refractivity (Wildman–Crippen MR) is 100 cm³/mol. The fourth-order valence-corrected chi connectivity index (χ4v) is 2.89. The summed E-state index contributed by atoms with van der Waals surface area (Å²) in [6, 6.07) is 13.8. The second-order valence-electron chi connectivity index (χ2n) is 6.73. The van der Waals surface area contributed by atoms with E-state index < -0.39 is 0 Å². The molecule has 1 aliphatic rings. The molecule has 1 amide bonds. The van der Waals surface area contributed by atoms with E-state index in [1.807, 2.05) is 47.4 Å². The van der Waals surface area contributed by atoms with Crippen molar-refractivity contribution < 1.29 is 4.79 Å². The topological polar surface area (TPSA) is 61.4 Å². The molecule has 0 bridgehead atoms. The Hall–Kier alpha value is -2.63. The van der Waals surface area contributed by atoms with Crippen LogP contribution >= 0.6 is 0 Å². The molecule has 0 unspecified atom stereocenters. The van der Waals surface area contributed by atoms with E-state index in [9.17, 15) is 4.79 Å². The van der Waals surface area contributed by atoms with Crippen LogP contribution in [0.3, 0.4) is 0 Å². The molecule has 3 rings (SSSR count). The Bertz CT molecular complexity index is 679. The molecule has 2 aromatic rings. The highest BCUT2D eigenvalue weighted by Gasteiger charge is 2.22. The molecule has 1 aromatic carbocycles. The molecule has 1 saturated heterocycles. The summed E-state index contributed by atoms with van der Waals surface area (Å²) in [5.74, 6) is 2.24. The summed E-state index contributed by atoms with van der Waals surface area (Å²) in [6.07, 6.45) is 0.625. The minimum Gasteiger partial charge on any atom is -0.352 e. The van der Waals surface area contributed by atoms with Crippen LogP contribution in [0.2, 0.25) is 0 Å². The second-order valence-corrected chi connectivity index (χ2v) is 6.73. The summed E-state index contributed by atoms with van der Waals surface area (Å²) >= 11 is 0. The van der Waals surface area contributed by atoms with Crippen LogP contribution in [0.25, 0.3) is 0 Å². The first kappa shape index (κ1) is 17.2. The van der Waals surface area contributed by atoms with Gasteiger partial charge in [0.25, 0.3) is 0 Å². The van der Waals surface area contributed by atoms with Gasteiger partial charge in [0.05, 0.1) is 0 Å². The number of hydrogen-bond donors (Lipinski definition) is 1. The number of carbonyl (C=O) groups is 1. The minimum atomic E-state index is 0.253. The van der Waals surface area contributed by atoms with E-state index in [1.54, 1.807) is 0 Å². The van der Waals surface area contributed by atoms with Crippen molar-refractivity contribution >= 4 is 23.2 Å². The van der Waals surface area contributed by atoms with Crippen molar-refractivity contribution in [1.82, 2.24) is 15.1 Å². The molecule has 6 heteroatoms. The van der Waals surface area contributed by atoms with E-state index >= 15 is 0 Å².